The molecule has 0 atom stereocenters. The molecule has 0 bridgehead atoms. The smallest absolute Gasteiger partial charge is 0.273 e. The van der Waals surface area contributed by atoms with Crippen LogP contribution in [0.4, 0.5) is 26.3 Å². The van der Waals surface area contributed by atoms with Crippen LogP contribution in [0.15, 0.2) is 48.5 Å². The third-order valence-corrected chi connectivity index (χ3v) is 6.32. The Morgan fingerprint density at radius 3 is 2.00 bits per heavy atom. The fraction of sp³-hybridized carbons (Fsp3) is 0.400. The highest BCUT2D eigenvalue weighted by molar-refractivity contribution is 5.73. The van der Waals surface area contributed by atoms with Crippen LogP contribution in [0.1, 0.15) is 80.7 Å². The third-order valence-electron chi connectivity index (χ3n) is 6.32. The van der Waals surface area contributed by atoms with Crippen molar-refractivity contribution in [3.8, 4) is 16.9 Å². The normalized spacial score (nSPS) is 11.8. The molecule has 0 aliphatic rings. The van der Waals surface area contributed by atoms with Crippen LogP contribution in [0.3, 0.4) is 0 Å². The fourth-order valence-electron chi connectivity index (χ4n) is 4.41. The molecule has 0 N–H and O–H groups in total. The Labute approximate surface area is 214 Å². The van der Waals surface area contributed by atoms with Crippen LogP contribution in [-0.4, -0.2) is 0 Å². The monoisotopic (exact) mass is 522 g/mol. The quantitative estimate of drug-likeness (QED) is 0.170. The zero-order valence-corrected chi connectivity index (χ0v) is 21.3. The first-order chi connectivity index (χ1) is 17.6. The van der Waals surface area contributed by atoms with E-state index in [1.165, 1.54) is 6.07 Å². The van der Waals surface area contributed by atoms with Gasteiger partial charge in [-0.3, -0.25) is 0 Å². The van der Waals surface area contributed by atoms with E-state index in [-0.39, 0.29) is 18.6 Å². The van der Waals surface area contributed by atoms with Gasteiger partial charge in [-0.2, -0.15) is 0 Å². The molecule has 0 unspecified atom stereocenters. The summed E-state index contributed by atoms with van der Waals surface area (Å²) < 4.78 is 92.8. The van der Waals surface area contributed by atoms with E-state index in [1.54, 1.807) is 6.92 Å². The van der Waals surface area contributed by atoms with E-state index in [2.05, 4.69) is 6.92 Å². The zero-order chi connectivity index (χ0) is 27.2. The maximum atomic E-state index is 15.3. The minimum absolute atomic E-state index is 0.0539. The number of hydrogen-bond acceptors (Lipinski definition) is 1. The van der Waals surface area contributed by atoms with Crippen molar-refractivity contribution in [1.29, 1.82) is 0 Å². The maximum Gasteiger partial charge on any atom is 0.273 e. The van der Waals surface area contributed by atoms with Crippen molar-refractivity contribution in [3.05, 3.63) is 88.0 Å². The van der Waals surface area contributed by atoms with Crippen molar-refractivity contribution in [3.63, 3.8) is 0 Å². The van der Waals surface area contributed by atoms with Gasteiger partial charge in [0.25, 0.3) is 12.3 Å². The molecular formula is C30H32F6O. The van der Waals surface area contributed by atoms with Gasteiger partial charge in [-0.15, -0.1) is 0 Å². The molecule has 0 saturated carbocycles. The summed E-state index contributed by atoms with van der Waals surface area (Å²) in [5.41, 5.74) is -1.14. The molecule has 0 saturated heterocycles. The average Bonchev–Trinajstić information content (AvgIpc) is 2.84. The lowest BCUT2D eigenvalue weighted by Crippen LogP contribution is -2.15. The first-order valence-corrected chi connectivity index (χ1v) is 12.6. The number of hydrogen-bond donors (Lipinski definition) is 0. The third kappa shape index (κ3) is 6.88. The Bertz CT molecular complexity index is 1180. The summed E-state index contributed by atoms with van der Waals surface area (Å²) in [5.74, 6) is -6.62. The summed E-state index contributed by atoms with van der Waals surface area (Å²) in [6.45, 7) is 4.33. The zero-order valence-electron chi connectivity index (χ0n) is 21.3. The molecule has 0 fully saturated rings. The first-order valence-electron chi connectivity index (χ1n) is 12.6. The summed E-state index contributed by atoms with van der Waals surface area (Å²) in [6.07, 6.45) is 1.67. The highest BCUT2D eigenvalue weighted by Crippen LogP contribution is 2.44. The minimum Gasteiger partial charge on any atom is -0.486 e. The summed E-state index contributed by atoms with van der Waals surface area (Å²) >= 11 is 0. The molecule has 200 valence electrons. The molecule has 7 heteroatoms. The highest BCUT2D eigenvalue weighted by atomic mass is 19.3. The van der Waals surface area contributed by atoms with Gasteiger partial charge >= 0.3 is 0 Å². The van der Waals surface area contributed by atoms with Crippen LogP contribution in [0.2, 0.25) is 0 Å². The molecular weight excluding hydrogens is 490 g/mol. The molecule has 3 rings (SSSR count). The van der Waals surface area contributed by atoms with Crippen LogP contribution in [-0.2, 0) is 25.4 Å². The van der Waals surface area contributed by atoms with Crippen molar-refractivity contribution in [2.75, 3.05) is 0 Å². The van der Waals surface area contributed by atoms with Crippen molar-refractivity contribution < 1.29 is 31.1 Å². The van der Waals surface area contributed by atoms with Crippen LogP contribution < -0.4 is 4.74 Å². The van der Waals surface area contributed by atoms with Gasteiger partial charge in [-0.1, -0.05) is 69.5 Å². The Balaban J connectivity index is 1.93. The second-order valence-electron chi connectivity index (χ2n) is 9.30. The number of benzene rings is 3. The van der Waals surface area contributed by atoms with Gasteiger partial charge in [0.15, 0.2) is 11.6 Å². The van der Waals surface area contributed by atoms with Crippen molar-refractivity contribution in [2.24, 2.45) is 0 Å². The summed E-state index contributed by atoms with van der Waals surface area (Å²) in [6, 6.07) is 12.2. The largest absolute Gasteiger partial charge is 0.486 e. The van der Waals surface area contributed by atoms with Crippen LogP contribution >= 0.6 is 0 Å². The van der Waals surface area contributed by atoms with Gasteiger partial charge in [-0.05, 0) is 59.2 Å². The number of aryl methyl sites for hydroxylation is 2. The molecule has 3 aromatic rings. The lowest BCUT2D eigenvalue weighted by atomic mass is 9.89. The van der Waals surface area contributed by atoms with Crippen LogP contribution in [0.5, 0.6) is 5.75 Å². The van der Waals surface area contributed by atoms with Crippen molar-refractivity contribution in [1.82, 2.24) is 0 Å². The van der Waals surface area contributed by atoms with Crippen molar-refractivity contribution >= 4 is 0 Å². The Kier molecular flexibility index (Phi) is 9.68. The standard InChI is InChI=1S/C30H32F6O/c1-4-6-7-9-19-10-12-20(13-11-19)18-37-24-17-16-22(25(28(24)32)29(33)34)23-15-14-21(8-5-2)27(31)26(23)30(3,35)36/h10-17,29H,4-9,18H2,1-3H3. The van der Waals surface area contributed by atoms with Gasteiger partial charge in [0, 0.05) is 6.92 Å². The molecule has 0 radical (unpaired) electrons. The molecule has 0 heterocycles. The SMILES string of the molecule is CCCCCc1ccc(COc2ccc(-c3ccc(CCC)c(F)c3C(C)(F)F)c(C(F)F)c2F)cc1. The van der Waals surface area contributed by atoms with Crippen LogP contribution in [0, 0.1) is 11.6 Å². The minimum atomic E-state index is -3.67. The molecule has 0 amide bonds. The second kappa shape index (κ2) is 12.5. The van der Waals surface area contributed by atoms with Gasteiger partial charge in [-0.25, -0.2) is 26.3 Å². The molecule has 0 aliphatic carbocycles. The van der Waals surface area contributed by atoms with E-state index in [0.717, 1.165) is 55.0 Å². The number of alkyl halides is 4. The molecule has 1 nitrogen and oxygen atoms in total. The van der Waals surface area contributed by atoms with E-state index >= 15 is 8.78 Å². The van der Waals surface area contributed by atoms with Gasteiger partial charge < -0.3 is 4.74 Å². The lowest BCUT2D eigenvalue weighted by molar-refractivity contribution is 0.0142. The van der Waals surface area contributed by atoms with E-state index in [4.69, 9.17) is 4.74 Å². The summed E-state index contributed by atoms with van der Waals surface area (Å²) in [7, 11) is 0. The second-order valence-corrected chi connectivity index (χ2v) is 9.30. The topological polar surface area (TPSA) is 9.23 Å². The Hall–Kier alpha value is -2.96. The predicted molar refractivity (Wildman–Crippen MR) is 134 cm³/mol. The Morgan fingerprint density at radius 2 is 1.41 bits per heavy atom. The predicted octanol–water partition coefficient (Wildman–Crippen LogP) is 9.95. The van der Waals surface area contributed by atoms with E-state index in [0.29, 0.717) is 13.3 Å². The van der Waals surface area contributed by atoms with Crippen LogP contribution in [0.25, 0.3) is 11.1 Å². The first kappa shape index (κ1) is 28.6. The summed E-state index contributed by atoms with van der Waals surface area (Å²) in [4.78, 5) is 0. The number of rotatable bonds is 12. The van der Waals surface area contributed by atoms with E-state index < -0.39 is 52.0 Å². The number of unbranched alkanes of at least 4 members (excludes halogenated alkanes) is 2. The Morgan fingerprint density at radius 1 is 0.757 bits per heavy atom. The van der Waals surface area contributed by atoms with Gasteiger partial charge in [0.2, 0.25) is 0 Å². The molecule has 3 aromatic carbocycles. The average molecular weight is 523 g/mol. The van der Waals surface area contributed by atoms with Gasteiger partial charge in [0.05, 0.1) is 11.1 Å². The van der Waals surface area contributed by atoms with Gasteiger partial charge in [0.1, 0.15) is 12.4 Å². The molecule has 0 aliphatic heterocycles. The fourth-order valence-corrected chi connectivity index (χ4v) is 4.41. The molecule has 0 spiro atoms. The lowest BCUT2D eigenvalue weighted by Gasteiger charge is -2.21. The highest BCUT2D eigenvalue weighted by Gasteiger charge is 2.35. The number of halogens is 6. The maximum absolute atomic E-state index is 15.3. The molecule has 37 heavy (non-hydrogen) atoms. The van der Waals surface area contributed by atoms with E-state index in [9.17, 15) is 17.6 Å². The molecule has 0 aromatic heterocycles. The van der Waals surface area contributed by atoms with E-state index in [1.807, 2.05) is 24.3 Å². The number of ether oxygens (including phenoxy) is 1. The summed E-state index contributed by atoms with van der Waals surface area (Å²) in [5, 5.41) is 0. The van der Waals surface area contributed by atoms with Crippen molar-refractivity contribution in [2.45, 2.75) is 78.3 Å².